The van der Waals surface area contributed by atoms with Crippen molar-refractivity contribution in [1.82, 2.24) is 0 Å². The van der Waals surface area contributed by atoms with Crippen LogP contribution in [0.15, 0.2) is 84.0 Å². The lowest BCUT2D eigenvalue weighted by atomic mass is 9.87. The van der Waals surface area contributed by atoms with Gasteiger partial charge in [0.15, 0.2) is 0 Å². The number of rotatable bonds is 27. The van der Waals surface area contributed by atoms with Crippen LogP contribution in [-0.4, -0.2) is 10.7 Å². The molecule has 0 spiro atoms. The second-order valence-electron chi connectivity index (χ2n) is 13.6. The molecule has 0 amide bonds. The van der Waals surface area contributed by atoms with Crippen LogP contribution in [-0.2, 0) is 12.8 Å². The van der Waals surface area contributed by atoms with E-state index in [2.05, 4.69) is 111 Å². The van der Waals surface area contributed by atoms with Crippen LogP contribution in [0, 0.1) is 0 Å². The van der Waals surface area contributed by atoms with E-state index in [1.165, 1.54) is 143 Å². The van der Waals surface area contributed by atoms with Gasteiger partial charge in [-0.3, -0.25) is 0 Å². The van der Waals surface area contributed by atoms with Crippen molar-refractivity contribution >= 4 is 11.4 Å². The molecule has 0 aliphatic rings. The van der Waals surface area contributed by atoms with Crippen molar-refractivity contribution < 1.29 is 4.79 Å². The van der Waals surface area contributed by atoms with Gasteiger partial charge in [-0.05, 0) is 85.3 Å². The molecule has 0 saturated carbocycles. The van der Waals surface area contributed by atoms with Crippen molar-refractivity contribution in [2.45, 2.75) is 169 Å². The van der Waals surface area contributed by atoms with Crippen LogP contribution in [0.2, 0.25) is 0 Å². The Balaban J connectivity index is 2.50. The van der Waals surface area contributed by atoms with E-state index in [1.54, 1.807) is 0 Å². The van der Waals surface area contributed by atoms with Crippen LogP contribution in [0.25, 0.3) is 11.1 Å². The number of unbranched alkanes of at least 4 members (excludes halogenated alkanes) is 16. The minimum atomic E-state index is 0.832. The topological polar surface area (TPSA) is 36.4 Å². The molecule has 0 unspecified atom stereocenters. The Morgan fingerprint density at radius 1 is 0.562 bits per heavy atom. The van der Waals surface area contributed by atoms with Gasteiger partial charge in [0.05, 0.1) is 0 Å². The Morgan fingerprint density at radius 2 is 1.08 bits per heavy atom. The Bertz CT molecular complexity index is 1300. The Hall–Kier alpha value is -3.18. The van der Waals surface area contributed by atoms with Crippen molar-refractivity contribution in [2.75, 3.05) is 0 Å². The highest BCUT2D eigenvalue weighted by Crippen LogP contribution is 2.33. The van der Waals surface area contributed by atoms with Gasteiger partial charge in [0.25, 0.3) is 0 Å². The van der Waals surface area contributed by atoms with Crippen LogP contribution in [0.5, 0.6) is 0 Å². The first-order valence-electron chi connectivity index (χ1n) is 19.9. The molecule has 0 atom stereocenters. The molecule has 0 aliphatic carbocycles. The van der Waals surface area contributed by atoms with Crippen molar-refractivity contribution in [3.05, 3.63) is 112 Å². The molecule has 48 heavy (non-hydrogen) atoms. The van der Waals surface area contributed by atoms with Gasteiger partial charge < -0.3 is 5.53 Å². The first-order valence-corrected chi connectivity index (χ1v) is 19.9. The van der Waals surface area contributed by atoms with Crippen LogP contribution in [0.1, 0.15) is 178 Å². The van der Waals surface area contributed by atoms with Gasteiger partial charge in [-0.15, -0.1) is 4.79 Å². The smallest absolute Gasteiger partial charge is 0.308 e. The summed E-state index contributed by atoms with van der Waals surface area (Å²) in [6.45, 7) is 9.06. The SMILES string of the molecule is CCCCCCCC=CC(=C=[N+]=[N-])C(C=CCCCCCCCCCCC)=C(c1ccc(CCCC)cc1)c1cccc(CCCC)c1. The zero-order valence-electron chi connectivity index (χ0n) is 31.4. The lowest BCUT2D eigenvalue weighted by Crippen LogP contribution is -1.99. The molecule has 0 fully saturated rings. The maximum atomic E-state index is 9.84. The molecular weight excluding hydrogens is 581 g/mol. The van der Waals surface area contributed by atoms with Crippen LogP contribution >= 0.6 is 0 Å². The number of benzene rings is 2. The van der Waals surface area contributed by atoms with Crippen molar-refractivity contribution in [3.8, 4) is 0 Å². The van der Waals surface area contributed by atoms with Crippen LogP contribution in [0.3, 0.4) is 0 Å². The molecular formula is C46H68N2. The third-order valence-corrected chi connectivity index (χ3v) is 9.34. The monoisotopic (exact) mass is 649 g/mol. The van der Waals surface area contributed by atoms with Gasteiger partial charge >= 0.3 is 5.87 Å². The summed E-state index contributed by atoms with van der Waals surface area (Å²) >= 11 is 0. The normalized spacial score (nSPS) is 12.0. The zero-order valence-corrected chi connectivity index (χ0v) is 31.4. The predicted octanol–water partition coefficient (Wildman–Crippen LogP) is 14.4. The molecule has 2 nitrogen and oxygen atoms in total. The second-order valence-corrected chi connectivity index (χ2v) is 13.6. The molecule has 2 heteroatoms. The lowest BCUT2D eigenvalue weighted by molar-refractivity contribution is 0.00769. The average molecular weight is 649 g/mol. The molecule has 0 heterocycles. The van der Waals surface area contributed by atoms with Crippen LogP contribution in [0.4, 0.5) is 0 Å². The van der Waals surface area contributed by atoms with E-state index in [9.17, 15) is 5.53 Å². The summed E-state index contributed by atoms with van der Waals surface area (Å²) in [5, 5.41) is 0. The molecule has 262 valence electrons. The number of aryl methyl sites for hydroxylation is 2. The van der Waals surface area contributed by atoms with Crippen molar-refractivity contribution in [3.63, 3.8) is 0 Å². The first kappa shape index (κ1) is 41.0. The predicted molar refractivity (Wildman–Crippen MR) is 212 cm³/mol. The highest BCUT2D eigenvalue weighted by Gasteiger charge is 2.16. The number of hydrogen-bond donors (Lipinski definition) is 0. The number of hydrogen-bond acceptors (Lipinski definition) is 0. The summed E-state index contributed by atoms with van der Waals surface area (Å²) in [7, 11) is 0. The van der Waals surface area contributed by atoms with Crippen LogP contribution < -0.4 is 0 Å². The molecule has 0 bridgehead atoms. The summed E-state index contributed by atoms with van der Waals surface area (Å²) in [4.78, 5) is 3.47. The van der Waals surface area contributed by atoms with E-state index < -0.39 is 0 Å². The number of allylic oxidation sites excluding steroid dienone is 6. The largest absolute Gasteiger partial charge is 0.348 e. The quantitative estimate of drug-likeness (QED) is 0.0304. The summed E-state index contributed by atoms with van der Waals surface area (Å²) in [5.41, 5.74) is 18.1. The zero-order chi connectivity index (χ0) is 34.5. The molecule has 2 aromatic carbocycles. The highest BCUT2D eigenvalue weighted by molar-refractivity contribution is 5.90. The molecule has 2 rings (SSSR count). The average Bonchev–Trinajstić information content (AvgIpc) is 3.11. The first-order chi connectivity index (χ1) is 23.7. The fourth-order valence-corrected chi connectivity index (χ4v) is 6.35. The van der Waals surface area contributed by atoms with Gasteiger partial charge in [-0.1, -0.05) is 184 Å². The molecule has 0 saturated heterocycles. The molecule has 0 radical (unpaired) electrons. The van der Waals surface area contributed by atoms with E-state index in [0.29, 0.717) is 0 Å². The Labute approximate surface area is 296 Å². The third-order valence-electron chi connectivity index (χ3n) is 9.34. The molecule has 0 N–H and O–H groups in total. The van der Waals surface area contributed by atoms with E-state index in [0.717, 1.165) is 36.8 Å². The van der Waals surface area contributed by atoms with Gasteiger partial charge in [-0.25, -0.2) is 0 Å². The van der Waals surface area contributed by atoms with Crippen molar-refractivity contribution in [1.29, 1.82) is 0 Å². The van der Waals surface area contributed by atoms with Gasteiger partial charge in [0, 0.05) is 5.57 Å². The molecule has 0 aliphatic heterocycles. The second kappa shape index (κ2) is 27.7. The summed E-state index contributed by atoms with van der Waals surface area (Å²) < 4.78 is 0. The lowest BCUT2D eigenvalue weighted by Gasteiger charge is -2.16. The minimum absolute atomic E-state index is 0.832. The van der Waals surface area contributed by atoms with Gasteiger partial charge in [0.1, 0.15) is 5.57 Å². The number of nitrogens with zero attached hydrogens (tertiary/aromatic N) is 2. The van der Waals surface area contributed by atoms with Crippen molar-refractivity contribution in [2.24, 2.45) is 0 Å². The summed E-state index contributed by atoms with van der Waals surface area (Å²) in [6.07, 6.45) is 36.3. The van der Waals surface area contributed by atoms with Gasteiger partial charge in [0.2, 0.25) is 0 Å². The fourth-order valence-electron chi connectivity index (χ4n) is 6.35. The maximum Gasteiger partial charge on any atom is 0.308 e. The molecule has 2 aromatic rings. The summed E-state index contributed by atoms with van der Waals surface area (Å²) in [5.74, 6) is 2.99. The van der Waals surface area contributed by atoms with E-state index in [1.807, 2.05) is 0 Å². The summed E-state index contributed by atoms with van der Waals surface area (Å²) in [6, 6.07) is 18.3. The molecule has 0 aromatic heterocycles. The van der Waals surface area contributed by atoms with Gasteiger partial charge in [-0.2, -0.15) is 0 Å². The van der Waals surface area contributed by atoms with E-state index >= 15 is 0 Å². The van der Waals surface area contributed by atoms with E-state index in [4.69, 9.17) is 0 Å². The maximum absolute atomic E-state index is 9.84. The Morgan fingerprint density at radius 3 is 1.65 bits per heavy atom. The minimum Gasteiger partial charge on any atom is -0.348 e. The highest BCUT2D eigenvalue weighted by atomic mass is 14.8. The van der Waals surface area contributed by atoms with E-state index in [-0.39, 0.29) is 0 Å². The Kier molecular flexibility index (Phi) is 23.7. The standard InChI is InChI=1S/C46H68N2/c1-5-9-13-15-17-18-19-20-22-24-26-33-45(44(39-48-47)31-25-23-21-16-14-10-6-2)46(42-36-34-40(35-37-42)28-11-7-3)43-32-27-30-41(38-43)29-12-8-4/h25-27,30-38H,5-24,28-29H2,1-4H3. The fraction of sp³-hybridized carbons (Fsp3) is 0.565. The third kappa shape index (κ3) is 17.3.